The van der Waals surface area contributed by atoms with Gasteiger partial charge in [0.2, 0.25) is 0 Å². The summed E-state index contributed by atoms with van der Waals surface area (Å²) in [5, 5.41) is 3.75. The summed E-state index contributed by atoms with van der Waals surface area (Å²) in [5.74, 6) is -1.83. The van der Waals surface area contributed by atoms with E-state index in [1.54, 1.807) is 4.90 Å². The molecule has 3 aromatic rings. The molecule has 2 saturated heterocycles. The molecule has 2 spiro atoms. The van der Waals surface area contributed by atoms with Crippen molar-refractivity contribution in [3.63, 3.8) is 0 Å². The second-order valence-electron chi connectivity index (χ2n) is 9.09. The standard InChI is InChI=1S/C25H23F2N3O2/c26-18-12-17(13-19(27)14-18)23(31)29-10-7-24(8-11-29)15-25(16-32-24)22-6-3-9-30(22)21-5-2-1-4-20(21)28-25/h1-6,9,12-14,28H,7-8,10-11,15-16H2/t25-/m0/s1. The number of para-hydroxylation sites is 2. The molecule has 3 aliphatic heterocycles. The molecule has 0 radical (unpaired) electrons. The van der Waals surface area contributed by atoms with E-state index < -0.39 is 11.6 Å². The first-order chi connectivity index (χ1) is 15.5. The van der Waals surface area contributed by atoms with E-state index in [2.05, 4.69) is 40.3 Å². The maximum Gasteiger partial charge on any atom is 0.254 e. The summed E-state index contributed by atoms with van der Waals surface area (Å²) < 4.78 is 35.8. The molecule has 0 unspecified atom stereocenters. The Morgan fingerprint density at radius 2 is 1.75 bits per heavy atom. The van der Waals surface area contributed by atoms with Gasteiger partial charge in [-0.2, -0.15) is 0 Å². The van der Waals surface area contributed by atoms with Crippen molar-refractivity contribution in [2.24, 2.45) is 0 Å². The van der Waals surface area contributed by atoms with Gasteiger partial charge >= 0.3 is 0 Å². The Morgan fingerprint density at radius 1 is 1.00 bits per heavy atom. The van der Waals surface area contributed by atoms with Crippen LogP contribution in [0.3, 0.4) is 0 Å². The molecule has 164 valence electrons. The number of carbonyl (C=O) groups excluding carboxylic acids is 1. The lowest BCUT2D eigenvalue weighted by Gasteiger charge is -2.41. The fraction of sp³-hybridized carbons (Fsp3) is 0.320. The second kappa shape index (κ2) is 6.90. The van der Waals surface area contributed by atoms with E-state index in [0.717, 1.165) is 36.0 Å². The molecule has 32 heavy (non-hydrogen) atoms. The Kier molecular flexibility index (Phi) is 4.21. The molecule has 0 saturated carbocycles. The smallest absolute Gasteiger partial charge is 0.254 e. The second-order valence-corrected chi connectivity index (χ2v) is 9.09. The van der Waals surface area contributed by atoms with Crippen molar-refractivity contribution in [3.05, 3.63) is 83.7 Å². The van der Waals surface area contributed by atoms with Gasteiger partial charge in [-0.15, -0.1) is 0 Å². The normalized spacial score (nSPS) is 23.1. The van der Waals surface area contributed by atoms with E-state index in [-0.39, 0.29) is 22.6 Å². The lowest BCUT2D eigenvalue weighted by atomic mass is 9.79. The molecule has 0 bridgehead atoms. The highest BCUT2D eigenvalue weighted by Crippen LogP contribution is 2.50. The Hall–Kier alpha value is -3.19. The molecule has 1 atom stereocenters. The number of carbonyl (C=O) groups is 1. The number of amides is 1. The molecule has 1 amide bonds. The number of benzene rings is 2. The number of nitrogens with zero attached hydrogens (tertiary/aromatic N) is 2. The monoisotopic (exact) mass is 435 g/mol. The highest BCUT2D eigenvalue weighted by molar-refractivity contribution is 5.94. The first-order valence-corrected chi connectivity index (χ1v) is 10.9. The van der Waals surface area contributed by atoms with Crippen LogP contribution in [-0.2, 0) is 10.3 Å². The Bertz CT molecular complexity index is 1200. The molecule has 1 N–H and O–H groups in total. The van der Waals surface area contributed by atoms with Gasteiger partial charge in [0.15, 0.2) is 0 Å². The van der Waals surface area contributed by atoms with Gasteiger partial charge in [0.05, 0.1) is 29.3 Å². The first-order valence-electron chi connectivity index (χ1n) is 10.9. The number of hydrogen-bond acceptors (Lipinski definition) is 3. The van der Waals surface area contributed by atoms with E-state index in [1.165, 1.54) is 5.69 Å². The van der Waals surface area contributed by atoms with Gasteiger partial charge in [-0.3, -0.25) is 4.79 Å². The quantitative estimate of drug-likeness (QED) is 0.614. The van der Waals surface area contributed by atoms with Crippen molar-refractivity contribution >= 4 is 11.6 Å². The number of fused-ring (bicyclic) bond motifs is 4. The number of nitrogens with one attached hydrogen (secondary N) is 1. The summed E-state index contributed by atoms with van der Waals surface area (Å²) in [5.41, 5.74) is 2.78. The molecule has 2 fully saturated rings. The van der Waals surface area contributed by atoms with E-state index in [9.17, 15) is 13.6 Å². The summed E-state index contributed by atoms with van der Waals surface area (Å²) in [6.45, 7) is 1.53. The molecule has 4 heterocycles. The third-order valence-electron chi connectivity index (χ3n) is 7.10. The van der Waals surface area contributed by atoms with Gasteiger partial charge in [0.25, 0.3) is 5.91 Å². The Labute approximate surface area is 184 Å². The molecule has 6 rings (SSSR count). The van der Waals surface area contributed by atoms with Crippen LogP contribution in [-0.4, -0.2) is 40.7 Å². The number of rotatable bonds is 1. The SMILES string of the molecule is O=C(c1cc(F)cc(F)c1)N1CCC2(CC1)C[C@@]1(CO2)Nc2ccccc2-n2cccc21. The van der Waals surface area contributed by atoms with E-state index >= 15 is 0 Å². The van der Waals surface area contributed by atoms with Gasteiger partial charge in [0, 0.05) is 37.3 Å². The number of ether oxygens (including phenoxy) is 1. The minimum atomic E-state index is -0.741. The molecular weight excluding hydrogens is 412 g/mol. The van der Waals surface area contributed by atoms with Gasteiger partial charge in [0.1, 0.15) is 17.2 Å². The molecule has 0 aliphatic carbocycles. The van der Waals surface area contributed by atoms with Crippen LogP contribution in [0.5, 0.6) is 0 Å². The lowest BCUT2D eigenvalue weighted by molar-refractivity contribution is -0.0392. The molecule has 3 aliphatic rings. The molecular formula is C25H23F2N3O2. The third kappa shape index (κ3) is 2.95. The molecule has 1 aromatic heterocycles. The van der Waals surface area contributed by atoms with Crippen molar-refractivity contribution in [1.29, 1.82) is 0 Å². The van der Waals surface area contributed by atoms with Gasteiger partial charge < -0.3 is 19.5 Å². The summed E-state index contributed by atoms with van der Waals surface area (Å²) in [6.07, 6.45) is 4.25. The van der Waals surface area contributed by atoms with Gasteiger partial charge in [-0.05, 0) is 49.2 Å². The van der Waals surface area contributed by atoms with Crippen molar-refractivity contribution < 1.29 is 18.3 Å². The van der Waals surface area contributed by atoms with Crippen molar-refractivity contribution in [3.8, 4) is 5.69 Å². The van der Waals surface area contributed by atoms with Crippen LogP contribution in [0.25, 0.3) is 5.69 Å². The predicted octanol–water partition coefficient (Wildman–Crippen LogP) is 4.47. The summed E-state index contributed by atoms with van der Waals surface area (Å²) in [4.78, 5) is 14.5. The van der Waals surface area contributed by atoms with Crippen molar-refractivity contribution in [2.75, 3.05) is 25.0 Å². The van der Waals surface area contributed by atoms with Crippen LogP contribution in [0.15, 0.2) is 60.8 Å². The zero-order valence-corrected chi connectivity index (χ0v) is 17.5. The minimum absolute atomic E-state index is 0.0469. The van der Waals surface area contributed by atoms with Crippen molar-refractivity contribution in [2.45, 2.75) is 30.4 Å². The maximum absolute atomic E-state index is 13.6. The highest BCUT2D eigenvalue weighted by atomic mass is 19.1. The fourth-order valence-corrected chi connectivity index (χ4v) is 5.56. The van der Waals surface area contributed by atoms with Crippen LogP contribution in [0.1, 0.15) is 35.3 Å². The number of hydrogen-bond donors (Lipinski definition) is 1. The lowest BCUT2D eigenvalue weighted by Crippen LogP contribution is -2.48. The largest absolute Gasteiger partial charge is 0.372 e. The molecule has 7 heteroatoms. The van der Waals surface area contributed by atoms with Gasteiger partial charge in [-0.1, -0.05) is 12.1 Å². The summed E-state index contributed by atoms with van der Waals surface area (Å²) >= 11 is 0. The van der Waals surface area contributed by atoms with Gasteiger partial charge in [-0.25, -0.2) is 8.78 Å². The topological polar surface area (TPSA) is 46.5 Å². The number of piperidine rings is 1. The average molecular weight is 435 g/mol. The Balaban J connectivity index is 1.22. The van der Waals surface area contributed by atoms with Crippen LogP contribution in [0.4, 0.5) is 14.5 Å². The fourth-order valence-electron chi connectivity index (χ4n) is 5.56. The predicted molar refractivity (Wildman–Crippen MR) is 116 cm³/mol. The zero-order chi connectivity index (χ0) is 21.9. The summed E-state index contributed by atoms with van der Waals surface area (Å²) in [7, 11) is 0. The minimum Gasteiger partial charge on any atom is -0.372 e. The molecule has 5 nitrogen and oxygen atoms in total. The van der Waals surface area contributed by atoms with E-state index in [4.69, 9.17) is 4.74 Å². The van der Waals surface area contributed by atoms with Crippen LogP contribution in [0, 0.1) is 11.6 Å². The highest BCUT2D eigenvalue weighted by Gasteiger charge is 2.54. The number of anilines is 1. The number of likely N-dealkylation sites (tertiary alicyclic amines) is 1. The third-order valence-corrected chi connectivity index (χ3v) is 7.10. The van der Waals surface area contributed by atoms with Crippen LogP contribution < -0.4 is 5.32 Å². The summed E-state index contributed by atoms with van der Waals surface area (Å²) in [6, 6.07) is 15.4. The van der Waals surface area contributed by atoms with Crippen LogP contribution >= 0.6 is 0 Å². The maximum atomic E-state index is 13.6. The van der Waals surface area contributed by atoms with E-state index in [1.807, 2.05) is 12.1 Å². The van der Waals surface area contributed by atoms with Crippen LogP contribution in [0.2, 0.25) is 0 Å². The van der Waals surface area contributed by atoms with Crippen molar-refractivity contribution in [1.82, 2.24) is 9.47 Å². The zero-order valence-electron chi connectivity index (χ0n) is 17.5. The number of aromatic nitrogens is 1. The molecule has 2 aromatic carbocycles. The Morgan fingerprint density at radius 3 is 2.53 bits per heavy atom. The first kappa shape index (κ1) is 19.5. The average Bonchev–Trinajstić information content (AvgIpc) is 3.41. The number of halogens is 2. The van der Waals surface area contributed by atoms with E-state index in [0.29, 0.717) is 32.5 Å².